The summed E-state index contributed by atoms with van der Waals surface area (Å²) in [6, 6.07) is 31.6. The molecule has 244 valence electrons. The van der Waals surface area contributed by atoms with Crippen molar-refractivity contribution in [3.05, 3.63) is 134 Å². The molecular formula is C39H41Br2N3O3. The summed E-state index contributed by atoms with van der Waals surface area (Å²) >= 11 is 7.31. The van der Waals surface area contributed by atoms with Crippen LogP contribution >= 0.6 is 31.9 Å². The zero-order valence-corrected chi connectivity index (χ0v) is 30.5. The standard InChI is InChI=1S/C39H41Br2N3O3/c1-38(2,3)23-31-39(29-20-19-28(41)22-30(29)42-37(39)47)32(26-17-12-18-27(40)21-26)34(36(46)43(4)5)44(31)33(24-13-8-6-9-14-24)35(45)25-15-10-7-11-16-25/h6-22,31-35,45H,23H2,1-5H3,(H,42,47)/t31-,32+,33-,34?,35+,39+/m1/s1. The number of nitrogens with zero attached hydrogens (tertiary/aromatic N) is 2. The molecule has 2 aliphatic heterocycles. The van der Waals surface area contributed by atoms with Crippen molar-refractivity contribution < 1.29 is 14.7 Å². The summed E-state index contributed by atoms with van der Waals surface area (Å²) in [4.78, 5) is 33.8. The van der Waals surface area contributed by atoms with Crippen LogP contribution in [0.15, 0.2) is 112 Å². The number of aliphatic hydroxyl groups excluding tert-OH is 1. The minimum absolute atomic E-state index is 0.120. The first-order valence-electron chi connectivity index (χ1n) is 16.0. The Bertz CT molecular complexity index is 1780. The molecule has 6 atom stereocenters. The van der Waals surface area contributed by atoms with Gasteiger partial charge in [0.05, 0.1) is 18.2 Å². The number of benzene rings is 4. The van der Waals surface area contributed by atoms with E-state index >= 15 is 4.79 Å². The summed E-state index contributed by atoms with van der Waals surface area (Å²) in [6.45, 7) is 6.53. The Hall–Kier alpha value is -3.30. The third kappa shape index (κ3) is 5.99. The van der Waals surface area contributed by atoms with Crippen molar-refractivity contribution in [2.45, 2.75) is 62.8 Å². The number of fused-ring (bicyclic) bond motifs is 2. The molecule has 1 saturated heterocycles. The average Bonchev–Trinajstić information content (AvgIpc) is 3.47. The Morgan fingerprint density at radius 3 is 2.11 bits per heavy atom. The average molecular weight is 760 g/mol. The number of hydrogen-bond donors (Lipinski definition) is 2. The molecule has 1 unspecified atom stereocenters. The maximum Gasteiger partial charge on any atom is 0.240 e. The first-order valence-corrected chi connectivity index (χ1v) is 17.6. The SMILES string of the molecule is CN(C)C(=O)C1[C@H](c2cccc(Br)c2)[C@@]2(C(=O)Nc3cc(Br)ccc32)[C@@H](CC(C)(C)C)N1[C@H](c1ccccc1)[C@@H](O)c1ccccc1. The van der Waals surface area contributed by atoms with Crippen molar-refractivity contribution in [1.29, 1.82) is 0 Å². The molecule has 6 nitrogen and oxygen atoms in total. The lowest BCUT2D eigenvalue weighted by atomic mass is 9.62. The predicted octanol–water partition coefficient (Wildman–Crippen LogP) is 8.24. The Morgan fingerprint density at radius 2 is 1.51 bits per heavy atom. The third-order valence-electron chi connectivity index (χ3n) is 9.67. The molecule has 0 radical (unpaired) electrons. The lowest BCUT2D eigenvalue weighted by Crippen LogP contribution is -2.53. The Kier molecular flexibility index (Phi) is 9.26. The molecule has 8 heteroatoms. The smallest absolute Gasteiger partial charge is 0.240 e. The topological polar surface area (TPSA) is 72.9 Å². The minimum Gasteiger partial charge on any atom is -0.386 e. The third-order valence-corrected chi connectivity index (χ3v) is 10.7. The highest BCUT2D eigenvalue weighted by molar-refractivity contribution is 9.10. The van der Waals surface area contributed by atoms with Gasteiger partial charge < -0.3 is 15.3 Å². The van der Waals surface area contributed by atoms with E-state index in [1.807, 2.05) is 103 Å². The van der Waals surface area contributed by atoms with E-state index in [-0.39, 0.29) is 17.2 Å². The van der Waals surface area contributed by atoms with Crippen LogP contribution in [0.4, 0.5) is 5.69 Å². The molecule has 0 bridgehead atoms. The number of carbonyl (C=O) groups excluding carboxylic acids is 2. The minimum atomic E-state index is -1.16. The van der Waals surface area contributed by atoms with E-state index in [1.54, 1.807) is 19.0 Å². The van der Waals surface area contributed by atoms with Gasteiger partial charge in [0.1, 0.15) is 5.41 Å². The highest BCUT2D eigenvalue weighted by atomic mass is 79.9. The molecular weight excluding hydrogens is 718 g/mol. The molecule has 2 heterocycles. The molecule has 0 aromatic heterocycles. The molecule has 0 aliphatic carbocycles. The van der Waals surface area contributed by atoms with Crippen LogP contribution in [0.5, 0.6) is 0 Å². The highest BCUT2D eigenvalue weighted by Crippen LogP contribution is 2.62. The molecule has 1 fully saturated rings. The van der Waals surface area contributed by atoms with Gasteiger partial charge in [0, 0.05) is 40.7 Å². The van der Waals surface area contributed by atoms with Crippen LogP contribution < -0.4 is 5.32 Å². The lowest BCUT2D eigenvalue weighted by molar-refractivity contribution is -0.137. The van der Waals surface area contributed by atoms with Gasteiger partial charge >= 0.3 is 0 Å². The number of nitrogens with one attached hydrogen (secondary N) is 1. The van der Waals surface area contributed by atoms with E-state index in [4.69, 9.17) is 0 Å². The van der Waals surface area contributed by atoms with Crippen LogP contribution in [-0.2, 0) is 15.0 Å². The van der Waals surface area contributed by atoms with Gasteiger partial charge in [-0.3, -0.25) is 14.5 Å². The van der Waals surface area contributed by atoms with Gasteiger partial charge in [0.2, 0.25) is 11.8 Å². The van der Waals surface area contributed by atoms with E-state index in [2.05, 4.69) is 62.8 Å². The number of rotatable bonds is 7. The number of carbonyl (C=O) groups is 2. The fourth-order valence-corrected chi connectivity index (χ4v) is 8.70. The van der Waals surface area contributed by atoms with E-state index < -0.39 is 35.6 Å². The number of likely N-dealkylation sites (tertiary alicyclic amines) is 1. The summed E-state index contributed by atoms with van der Waals surface area (Å²) in [5, 5.41) is 15.8. The molecule has 2 amide bonds. The zero-order valence-electron chi connectivity index (χ0n) is 27.3. The van der Waals surface area contributed by atoms with Gasteiger partial charge in [-0.15, -0.1) is 0 Å². The Morgan fingerprint density at radius 1 is 0.894 bits per heavy atom. The molecule has 47 heavy (non-hydrogen) atoms. The largest absolute Gasteiger partial charge is 0.386 e. The van der Waals surface area contributed by atoms with Crippen LogP contribution in [-0.4, -0.2) is 52.9 Å². The van der Waals surface area contributed by atoms with E-state index in [1.165, 1.54) is 0 Å². The summed E-state index contributed by atoms with van der Waals surface area (Å²) in [5.74, 6) is -0.839. The summed E-state index contributed by atoms with van der Waals surface area (Å²) in [5.41, 5.74) is 2.69. The van der Waals surface area contributed by atoms with Crippen molar-refractivity contribution in [1.82, 2.24) is 9.80 Å². The van der Waals surface area contributed by atoms with Gasteiger partial charge in [0.25, 0.3) is 0 Å². The monoisotopic (exact) mass is 757 g/mol. The second-order valence-electron chi connectivity index (χ2n) is 14.2. The highest BCUT2D eigenvalue weighted by Gasteiger charge is 2.70. The lowest BCUT2D eigenvalue weighted by Gasteiger charge is -2.44. The van der Waals surface area contributed by atoms with Crippen LogP contribution in [0, 0.1) is 5.41 Å². The van der Waals surface area contributed by atoms with Crippen molar-refractivity contribution in [2.75, 3.05) is 19.4 Å². The fraction of sp³-hybridized carbons (Fsp3) is 0.333. The van der Waals surface area contributed by atoms with Crippen LogP contribution in [0.1, 0.15) is 67.5 Å². The first-order chi connectivity index (χ1) is 22.3. The summed E-state index contributed by atoms with van der Waals surface area (Å²) in [6.07, 6.45) is -0.409. The van der Waals surface area contributed by atoms with Crippen LogP contribution in [0.3, 0.4) is 0 Å². The number of anilines is 1. The number of aliphatic hydroxyl groups is 1. The van der Waals surface area contributed by atoms with Crippen molar-refractivity contribution in [2.24, 2.45) is 5.41 Å². The number of halogens is 2. The molecule has 2 N–H and O–H groups in total. The molecule has 0 saturated carbocycles. The quantitative estimate of drug-likeness (QED) is 0.199. The first kappa shape index (κ1) is 33.6. The van der Waals surface area contributed by atoms with Gasteiger partial charge in [0.15, 0.2) is 0 Å². The Labute approximate surface area is 294 Å². The summed E-state index contributed by atoms with van der Waals surface area (Å²) < 4.78 is 1.72. The second kappa shape index (κ2) is 13.0. The van der Waals surface area contributed by atoms with Gasteiger partial charge in [-0.25, -0.2) is 0 Å². The number of amides is 2. The van der Waals surface area contributed by atoms with Crippen LogP contribution in [0.25, 0.3) is 0 Å². The normalized spacial score (nSPS) is 23.7. The molecule has 2 aliphatic rings. The van der Waals surface area contributed by atoms with Crippen molar-refractivity contribution >= 4 is 49.4 Å². The number of likely N-dealkylation sites (N-methyl/N-ethyl adjacent to an activating group) is 1. The second-order valence-corrected chi connectivity index (χ2v) is 16.0. The van der Waals surface area contributed by atoms with Gasteiger partial charge in [-0.1, -0.05) is 131 Å². The van der Waals surface area contributed by atoms with Crippen molar-refractivity contribution in [3.63, 3.8) is 0 Å². The number of hydrogen-bond acceptors (Lipinski definition) is 4. The van der Waals surface area contributed by atoms with E-state index in [0.29, 0.717) is 6.42 Å². The zero-order chi connectivity index (χ0) is 33.7. The van der Waals surface area contributed by atoms with E-state index in [9.17, 15) is 9.90 Å². The molecule has 4 aromatic rings. The van der Waals surface area contributed by atoms with Gasteiger partial charge in [-0.05, 0) is 58.4 Å². The Balaban J connectivity index is 1.74. The summed E-state index contributed by atoms with van der Waals surface area (Å²) in [7, 11) is 3.54. The van der Waals surface area contributed by atoms with E-state index in [0.717, 1.165) is 36.9 Å². The maximum absolute atomic E-state index is 15.1. The molecule has 6 rings (SSSR count). The van der Waals surface area contributed by atoms with Crippen LogP contribution in [0.2, 0.25) is 0 Å². The maximum atomic E-state index is 15.1. The fourth-order valence-electron chi connectivity index (χ4n) is 7.92. The van der Waals surface area contributed by atoms with Gasteiger partial charge in [-0.2, -0.15) is 0 Å². The molecule has 1 spiro atoms. The molecule has 4 aromatic carbocycles. The predicted molar refractivity (Wildman–Crippen MR) is 194 cm³/mol. The van der Waals surface area contributed by atoms with Crippen molar-refractivity contribution in [3.8, 4) is 0 Å².